The normalized spacial score (nSPS) is 12.9. The number of fused-ring (bicyclic) bond motifs is 8. The van der Waals surface area contributed by atoms with E-state index in [4.69, 9.17) is 0 Å². The van der Waals surface area contributed by atoms with Crippen molar-refractivity contribution in [1.29, 1.82) is 0 Å². The molecule has 0 bridgehead atoms. The molecular formula is C53H27F9. The number of alkyl halides is 9. The van der Waals surface area contributed by atoms with Gasteiger partial charge in [-0.25, -0.2) is 0 Å². The van der Waals surface area contributed by atoms with Crippen LogP contribution in [0.15, 0.2) is 164 Å². The molecule has 62 heavy (non-hydrogen) atoms. The molecule has 11 aromatic rings. The standard InChI is InChI=1S/C53H27F9/c54-51(55,56)32-19-13-28(14-20-32)36-25-26-41-45-39-11-5-3-9-37(39)43(29-15-21-33(22-16-29)52(57,58)59)47-35-8-2-1-7-31(35)27-42(50(45)47)46-40-12-6-4-10-38(40)44(48(36)49(41)46)30-17-23-34(24-18-30)53(60,61)62/h1-27H. The first-order chi connectivity index (χ1) is 29.7. The summed E-state index contributed by atoms with van der Waals surface area (Å²) in [5.74, 6) is 0. The fourth-order valence-electron chi connectivity index (χ4n) is 9.66. The summed E-state index contributed by atoms with van der Waals surface area (Å²) in [5.41, 5.74) is 1.13. The van der Waals surface area contributed by atoms with Crippen molar-refractivity contribution in [3.05, 3.63) is 180 Å². The van der Waals surface area contributed by atoms with Crippen LogP contribution in [0.3, 0.4) is 0 Å². The molecular weight excluding hydrogens is 808 g/mol. The number of hydrogen-bond acceptors (Lipinski definition) is 0. The van der Waals surface area contributed by atoms with Crippen molar-refractivity contribution in [3.63, 3.8) is 0 Å². The van der Waals surface area contributed by atoms with Crippen molar-refractivity contribution in [1.82, 2.24) is 0 Å². The molecule has 0 N–H and O–H groups in total. The van der Waals surface area contributed by atoms with Gasteiger partial charge in [-0.15, -0.1) is 0 Å². The van der Waals surface area contributed by atoms with Crippen LogP contribution >= 0.6 is 0 Å². The highest BCUT2D eigenvalue weighted by molar-refractivity contribution is 6.48. The number of benzene rings is 11. The molecule has 0 spiro atoms. The maximum absolute atomic E-state index is 14.0. The molecule has 0 amide bonds. The van der Waals surface area contributed by atoms with E-state index >= 15 is 0 Å². The molecule has 302 valence electrons. The lowest BCUT2D eigenvalue weighted by atomic mass is 9.77. The molecule has 0 aromatic heterocycles. The van der Waals surface area contributed by atoms with E-state index < -0.39 is 35.2 Å². The molecule has 0 fully saturated rings. The van der Waals surface area contributed by atoms with Crippen LogP contribution in [0.5, 0.6) is 0 Å². The van der Waals surface area contributed by atoms with Gasteiger partial charge in [0.2, 0.25) is 0 Å². The summed E-state index contributed by atoms with van der Waals surface area (Å²) in [6.07, 6.45) is -13.7. The third-order valence-corrected chi connectivity index (χ3v) is 12.2. The van der Waals surface area contributed by atoms with Gasteiger partial charge in [0, 0.05) is 0 Å². The number of hydrogen-bond donors (Lipinski definition) is 0. The lowest BCUT2D eigenvalue weighted by Gasteiger charge is -2.25. The molecule has 0 radical (unpaired) electrons. The Kier molecular flexibility index (Phi) is 8.05. The van der Waals surface area contributed by atoms with Crippen LogP contribution in [0.25, 0.3) is 109 Å². The predicted molar refractivity (Wildman–Crippen MR) is 231 cm³/mol. The smallest absolute Gasteiger partial charge is 0.166 e. The van der Waals surface area contributed by atoms with Gasteiger partial charge in [0.05, 0.1) is 16.7 Å². The second-order valence-corrected chi connectivity index (χ2v) is 15.6. The minimum absolute atomic E-state index is 0.482. The molecule has 0 nitrogen and oxygen atoms in total. The van der Waals surface area contributed by atoms with Crippen LogP contribution in [-0.4, -0.2) is 0 Å². The molecule has 0 aliphatic heterocycles. The highest BCUT2D eigenvalue weighted by Gasteiger charge is 2.33. The zero-order valence-electron chi connectivity index (χ0n) is 32.0. The highest BCUT2D eigenvalue weighted by atomic mass is 19.4. The van der Waals surface area contributed by atoms with E-state index in [0.29, 0.717) is 38.6 Å². The lowest BCUT2D eigenvalue weighted by Crippen LogP contribution is -2.04. The van der Waals surface area contributed by atoms with Crippen molar-refractivity contribution in [2.75, 3.05) is 0 Å². The van der Waals surface area contributed by atoms with Gasteiger partial charge >= 0.3 is 18.5 Å². The van der Waals surface area contributed by atoms with E-state index in [9.17, 15) is 39.5 Å². The predicted octanol–water partition coefficient (Wildman–Crippen LogP) is 17.3. The van der Waals surface area contributed by atoms with E-state index in [0.717, 1.165) is 107 Å². The maximum Gasteiger partial charge on any atom is 0.416 e. The second kappa shape index (κ2) is 13.2. The van der Waals surface area contributed by atoms with Gasteiger partial charge in [-0.1, -0.05) is 121 Å². The van der Waals surface area contributed by atoms with Gasteiger partial charge < -0.3 is 0 Å². The fraction of sp³-hybridized carbons (Fsp3) is 0.0566. The van der Waals surface area contributed by atoms with Gasteiger partial charge in [0.25, 0.3) is 0 Å². The minimum Gasteiger partial charge on any atom is -0.166 e. The van der Waals surface area contributed by atoms with E-state index in [2.05, 4.69) is 6.07 Å². The Balaban J connectivity index is 1.40. The molecule has 0 aliphatic carbocycles. The second-order valence-electron chi connectivity index (χ2n) is 15.6. The number of rotatable bonds is 3. The first-order valence-electron chi connectivity index (χ1n) is 19.6. The monoisotopic (exact) mass is 834 g/mol. The van der Waals surface area contributed by atoms with Crippen LogP contribution in [0.1, 0.15) is 16.7 Å². The van der Waals surface area contributed by atoms with E-state index in [1.54, 1.807) is 0 Å². The SMILES string of the molecule is FC(F)(F)c1ccc(-c2ccc3c4c2c(-c2ccc(C(F)(F)F)cc2)c2ccccc2c4c2cc4ccccc4c4c(-c5ccc(C(F)(F)F)cc5)c5ccccc5c3c24)cc1. The summed E-state index contributed by atoms with van der Waals surface area (Å²) in [7, 11) is 0. The summed E-state index contributed by atoms with van der Waals surface area (Å²) in [6, 6.07) is 44.2. The van der Waals surface area contributed by atoms with Crippen molar-refractivity contribution in [3.8, 4) is 33.4 Å². The summed E-state index contributed by atoms with van der Waals surface area (Å²) in [6.45, 7) is 0. The first-order valence-corrected chi connectivity index (χ1v) is 19.6. The largest absolute Gasteiger partial charge is 0.416 e. The number of halogens is 9. The summed E-state index contributed by atoms with van der Waals surface area (Å²) in [4.78, 5) is 0. The van der Waals surface area contributed by atoms with Crippen molar-refractivity contribution in [2.24, 2.45) is 0 Å². The van der Waals surface area contributed by atoms with Crippen LogP contribution in [0, 0.1) is 0 Å². The average molecular weight is 835 g/mol. The third kappa shape index (κ3) is 5.64. The van der Waals surface area contributed by atoms with Crippen LogP contribution < -0.4 is 0 Å². The highest BCUT2D eigenvalue weighted by Crippen LogP contribution is 2.55. The topological polar surface area (TPSA) is 0 Å². The van der Waals surface area contributed by atoms with Gasteiger partial charge in [0.15, 0.2) is 0 Å². The van der Waals surface area contributed by atoms with Gasteiger partial charge in [0.1, 0.15) is 0 Å². The molecule has 0 heterocycles. The molecule has 0 atom stereocenters. The van der Waals surface area contributed by atoms with E-state index in [-0.39, 0.29) is 0 Å². The van der Waals surface area contributed by atoms with E-state index in [1.807, 2.05) is 84.9 Å². The minimum atomic E-state index is -4.59. The summed E-state index contributed by atoms with van der Waals surface area (Å²) in [5, 5.41) is 11.4. The van der Waals surface area contributed by atoms with Crippen LogP contribution in [0.2, 0.25) is 0 Å². The van der Waals surface area contributed by atoms with Gasteiger partial charge in [-0.05, 0) is 151 Å². The van der Waals surface area contributed by atoms with Gasteiger partial charge in [-0.3, -0.25) is 0 Å². The lowest BCUT2D eigenvalue weighted by molar-refractivity contribution is -0.138. The molecule has 11 rings (SSSR count). The molecule has 0 unspecified atom stereocenters. The molecule has 9 heteroatoms. The average Bonchev–Trinajstić information content (AvgIpc) is 3.26. The molecule has 0 saturated carbocycles. The van der Waals surface area contributed by atoms with Crippen LogP contribution in [-0.2, 0) is 18.5 Å². The first kappa shape index (κ1) is 37.8. The Bertz CT molecular complexity index is 3600. The Morgan fingerprint density at radius 1 is 0.258 bits per heavy atom. The molecule has 11 aromatic carbocycles. The fourth-order valence-corrected chi connectivity index (χ4v) is 9.66. The van der Waals surface area contributed by atoms with Gasteiger partial charge in [-0.2, -0.15) is 39.5 Å². The van der Waals surface area contributed by atoms with Crippen molar-refractivity contribution >= 4 is 75.4 Å². The Morgan fingerprint density at radius 3 is 1.13 bits per heavy atom. The van der Waals surface area contributed by atoms with Crippen molar-refractivity contribution in [2.45, 2.75) is 18.5 Å². The Hall–Kier alpha value is -7.13. The quantitative estimate of drug-likeness (QED) is 0.0945. The Morgan fingerprint density at radius 2 is 0.645 bits per heavy atom. The van der Waals surface area contributed by atoms with Crippen LogP contribution in [0.4, 0.5) is 39.5 Å². The zero-order valence-corrected chi connectivity index (χ0v) is 32.0. The summed E-state index contributed by atoms with van der Waals surface area (Å²) >= 11 is 0. The summed E-state index contributed by atoms with van der Waals surface area (Å²) < 4.78 is 125. The zero-order chi connectivity index (χ0) is 42.9. The van der Waals surface area contributed by atoms with Crippen molar-refractivity contribution < 1.29 is 39.5 Å². The third-order valence-electron chi connectivity index (χ3n) is 12.2. The Labute approximate surface area is 346 Å². The maximum atomic E-state index is 14.0. The molecule has 0 aliphatic rings. The van der Waals surface area contributed by atoms with E-state index in [1.165, 1.54) is 36.4 Å². The molecule has 0 saturated heterocycles.